The van der Waals surface area contributed by atoms with E-state index < -0.39 is 5.72 Å². The zero-order valence-electron chi connectivity index (χ0n) is 17.5. The van der Waals surface area contributed by atoms with E-state index in [4.69, 9.17) is 4.74 Å². The van der Waals surface area contributed by atoms with Crippen LogP contribution in [0.4, 0.5) is 0 Å². The average Bonchev–Trinajstić information content (AvgIpc) is 3.39. The molecule has 3 aliphatic rings. The second kappa shape index (κ2) is 6.77. The van der Waals surface area contributed by atoms with Gasteiger partial charge < -0.3 is 14.6 Å². The van der Waals surface area contributed by atoms with Crippen molar-refractivity contribution in [2.45, 2.75) is 44.2 Å². The number of pyridine rings is 1. The SMILES string of the molecule is Cc1ccc2[nH]c(=O)c(CN3CC[C@@]45O[C@@H](c6ccccc6)CN4C(=O)C[C@@H]35)cc2c1. The number of aromatic nitrogens is 1. The number of carbonyl (C=O) groups excluding carboxylic acids is 1. The van der Waals surface area contributed by atoms with Crippen LogP contribution in [0.1, 0.15) is 35.6 Å². The number of ether oxygens (including phenoxy) is 1. The molecule has 1 spiro atoms. The average molecular weight is 415 g/mol. The first-order chi connectivity index (χ1) is 15.0. The molecule has 31 heavy (non-hydrogen) atoms. The van der Waals surface area contributed by atoms with Crippen molar-refractivity contribution >= 4 is 16.8 Å². The third-order valence-electron chi connectivity index (χ3n) is 7.16. The summed E-state index contributed by atoms with van der Waals surface area (Å²) in [7, 11) is 0. The lowest BCUT2D eigenvalue weighted by atomic mass is 10.1. The standard InChI is InChI=1S/C25H25N3O3/c1-16-7-8-20-18(11-16)12-19(24(30)26-20)14-27-10-9-25-22(27)13-23(29)28(25)15-21(31-25)17-5-3-2-4-6-17/h2-8,11-12,21-22H,9-10,13-15H2,1H3,(H,26,30)/t21-,22-,25+/m1/s1. The van der Waals surface area contributed by atoms with Gasteiger partial charge in [-0.25, -0.2) is 0 Å². The molecular weight excluding hydrogens is 390 g/mol. The van der Waals surface area contributed by atoms with E-state index in [0.29, 0.717) is 19.5 Å². The Balaban J connectivity index is 1.30. The molecule has 4 heterocycles. The minimum absolute atomic E-state index is 0.0266. The summed E-state index contributed by atoms with van der Waals surface area (Å²) < 4.78 is 6.62. The Labute approximate surface area is 180 Å². The summed E-state index contributed by atoms with van der Waals surface area (Å²) in [6, 6.07) is 18.1. The van der Waals surface area contributed by atoms with Gasteiger partial charge in [0.05, 0.1) is 12.6 Å². The van der Waals surface area contributed by atoms with Crippen LogP contribution in [-0.2, 0) is 16.1 Å². The summed E-state index contributed by atoms with van der Waals surface area (Å²) in [4.78, 5) is 32.8. The van der Waals surface area contributed by atoms with Gasteiger partial charge in [-0.05, 0) is 36.1 Å². The number of nitrogens with one attached hydrogen (secondary N) is 1. The van der Waals surface area contributed by atoms with Crippen LogP contribution >= 0.6 is 0 Å². The van der Waals surface area contributed by atoms with Crippen molar-refractivity contribution < 1.29 is 9.53 Å². The number of hydrogen-bond donors (Lipinski definition) is 1. The third kappa shape index (κ3) is 2.86. The van der Waals surface area contributed by atoms with Gasteiger partial charge in [-0.2, -0.15) is 0 Å². The lowest BCUT2D eigenvalue weighted by Gasteiger charge is -2.32. The fourth-order valence-corrected chi connectivity index (χ4v) is 5.65. The summed E-state index contributed by atoms with van der Waals surface area (Å²) in [6.07, 6.45) is 1.13. The van der Waals surface area contributed by atoms with Crippen LogP contribution < -0.4 is 5.56 Å². The summed E-state index contributed by atoms with van der Waals surface area (Å²) in [5.74, 6) is 0.149. The van der Waals surface area contributed by atoms with Gasteiger partial charge in [-0.1, -0.05) is 42.0 Å². The summed E-state index contributed by atoms with van der Waals surface area (Å²) in [5.41, 5.74) is 3.22. The fourth-order valence-electron chi connectivity index (χ4n) is 5.65. The number of H-pyrrole nitrogens is 1. The number of likely N-dealkylation sites (tertiary alicyclic amines) is 1. The molecule has 6 rings (SSSR count). The Morgan fingerprint density at radius 3 is 2.81 bits per heavy atom. The largest absolute Gasteiger partial charge is 0.344 e. The zero-order valence-corrected chi connectivity index (χ0v) is 17.5. The van der Waals surface area contributed by atoms with E-state index in [1.807, 2.05) is 48.2 Å². The van der Waals surface area contributed by atoms with Crippen LogP contribution in [0.2, 0.25) is 0 Å². The maximum Gasteiger partial charge on any atom is 0.252 e. The highest BCUT2D eigenvalue weighted by Crippen LogP contribution is 2.50. The predicted molar refractivity (Wildman–Crippen MR) is 117 cm³/mol. The highest BCUT2D eigenvalue weighted by Gasteiger charge is 2.63. The topological polar surface area (TPSA) is 65.6 Å². The molecule has 3 fully saturated rings. The second-order valence-electron chi connectivity index (χ2n) is 9.02. The quantitative estimate of drug-likeness (QED) is 0.714. The first-order valence-corrected chi connectivity index (χ1v) is 10.9. The van der Waals surface area contributed by atoms with E-state index >= 15 is 0 Å². The molecule has 0 saturated carbocycles. The van der Waals surface area contributed by atoms with Crippen molar-refractivity contribution in [1.29, 1.82) is 0 Å². The van der Waals surface area contributed by atoms with E-state index in [9.17, 15) is 9.59 Å². The molecule has 1 aromatic heterocycles. The monoisotopic (exact) mass is 415 g/mol. The molecule has 0 bridgehead atoms. The molecule has 6 heteroatoms. The van der Waals surface area contributed by atoms with Gasteiger partial charge in [0.1, 0.15) is 6.10 Å². The van der Waals surface area contributed by atoms with Crippen molar-refractivity contribution in [3.8, 4) is 0 Å². The lowest BCUT2D eigenvalue weighted by molar-refractivity contribution is -0.138. The van der Waals surface area contributed by atoms with Crippen LogP contribution in [0.3, 0.4) is 0 Å². The van der Waals surface area contributed by atoms with Crippen LogP contribution in [0.25, 0.3) is 10.9 Å². The van der Waals surface area contributed by atoms with Crippen LogP contribution in [0.5, 0.6) is 0 Å². The maximum atomic E-state index is 12.9. The van der Waals surface area contributed by atoms with E-state index in [0.717, 1.165) is 40.6 Å². The van der Waals surface area contributed by atoms with Crippen LogP contribution in [0, 0.1) is 6.92 Å². The molecule has 0 radical (unpaired) electrons. The van der Waals surface area contributed by atoms with Crippen LogP contribution in [-0.4, -0.2) is 45.5 Å². The number of amides is 1. The molecule has 6 nitrogen and oxygen atoms in total. The highest BCUT2D eigenvalue weighted by molar-refractivity contribution is 5.82. The number of hydrogen-bond acceptors (Lipinski definition) is 4. The Bertz CT molecular complexity index is 1240. The lowest BCUT2D eigenvalue weighted by Crippen LogP contribution is -2.47. The van der Waals surface area contributed by atoms with Crippen molar-refractivity contribution in [1.82, 2.24) is 14.8 Å². The Morgan fingerprint density at radius 1 is 1.13 bits per heavy atom. The van der Waals surface area contributed by atoms with Crippen molar-refractivity contribution in [2.75, 3.05) is 13.1 Å². The van der Waals surface area contributed by atoms with Gasteiger partial charge in [0.25, 0.3) is 5.56 Å². The molecule has 0 unspecified atom stereocenters. The number of nitrogens with zero attached hydrogens (tertiary/aromatic N) is 2. The van der Waals surface area contributed by atoms with Crippen molar-refractivity contribution in [3.05, 3.63) is 81.6 Å². The number of benzene rings is 2. The van der Waals surface area contributed by atoms with E-state index in [-0.39, 0.29) is 23.6 Å². The summed E-state index contributed by atoms with van der Waals surface area (Å²) in [5, 5.41) is 1.04. The minimum atomic E-state index is -0.572. The predicted octanol–water partition coefficient (Wildman–Crippen LogP) is 3.11. The molecule has 3 atom stereocenters. The highest BCUT2D eigenvalue weighted by atomic mass is 16.5. The Morgan fingerprint density at radius 2 is 1.97 bits per heavy atom. The van der Waals surface area contributed by atoms with Gasteiger partial charge in [-0.15, -0.1) is 0 Å². The molecular formula is C25H25N3O3. The number of rotatable bonds is 3. The van der Waals surface area contributed by atoms with Gasteiger partial charge in [0, 0.05) is 37.0 Å². The molecule has 1 N–H and O–H groups in total. The van der Waals surface area contributed by atoms with Gasteiger partial charge in [0.15, 0.2) is 5.72 Å². The van der Waals surface area contributed by atoms with Gasteiger partial charge in [-0.3, -0.25) is 14.5 Å². The second-order valence-corrected chi connectivity index (χ2v) is 9.02. The molecule has 3 saturated heterocycles. The Hall–Kier alpha value is -2.96. The molecule has 3 aliphatic heterocycles. The summed E-state index contributed by atoms with van der Waals surface area (Å²) in [6.45, 7) is 3.98. The van der Waals surface area contributed by atoms with Crippen LogP contribution in [0.15, 0.2) is 59.4 Å². The van der Waals surface area contributed by atoms with Gasteiger partial charge in [0.2, 0.25) is 5.91 Å². The zero-order chi connectivity index (χ0) is 21.2. The first-order valence-electron chi connectivity index (χ1n) is 10.9. The molecule has 3 aromatic rings. The molecule has 2 aromatic carbocycles. The minimum Gasteiger partial charge on any atom is -0.344 e. The normalized spacial score (nSPS) is 27.8. The van der Waals surface area contributed by atoms with E-state index in [2.05, 4.69) is 28.1 Å². The smallest absolute Gasteiger partial charge is 0.252 e. The summed E-state index contributed by atoms with van der Waals surface area (Å²) >= 11 is 0. The van der Waals surface area contributed by atoms with E-state index in [1.54, 1.807) is 0 Å². The first kappa shape index (κ1) is 18.8. The molecule has 0 aliphatic carbocycles. The number of aromatic amines is 1. The van der Waals surface area contributed by atoms with E-state index in [1.165, 1.54) is 0 Å². The van der Waals surface area contributed by atoms with Gasteiger partial charge >= 0.3 is 0 Å². The molecule has 158 valence electrons. The third-order valence-corrected chi connectivity index (χ3v) is 7.16. The molecule has 1 amide bonds. The fraction of sp³-hybridized carbons (Fsp3) is 0.360. The van der Waals surface area contributed by atoms with Crippen molar-refractivity contribution in [3.63, 3.8) is 0 Å². The number of fused-ring (bicyclic) bond motifs is 1. The van der Waals surface area contributed by atoms with Crippen molar-refractivity contribution in [2.24, 2.45) is 0 Å². The maximum absolute atomic E-state index is 12.9. The number of aryl methyl sites for hydroxylation is 1. The number of carbonyl (C=O) groups is 1. The Kier molecular flexibility index (Phi) is 4.10.